The van der Waals surface area contributed by atoms with Gasteiger partial charge in [0.25, 0.3) is 0 Å². The zero-order chi connectivity index (χ0) is 9.97. The topological polar surface area (TPSA) is 25.2 Å². The van der Waals surface area contributed by atoms with Crippen molar-refractivity contribution in [1.29, 1.82) is 0 Å². The van der Waals surface area contributed by atoms with E-state index in [9.17, 15) is 0 Å². The van der Waals surface area contributed by atoms with Crippen LogP contribution >= 0.6 is 0 Å². The molecule has 0 aliphatic heterocycles. The van der Waals surface area contributed by atoms with E-state index in [2.05, 4.69) is 19.2 Å². The smallest absolute Gasteiger partial charge is 0.120 e. The first-order valence-corrected chi connectivity index (χ1v) is 5.57. The van der Waals surface area contributed by atoms with E-state index in [-0.39, 0.29) is 0 Å². The lowest BCUT2D eigenvalue weighted by molar-refractivity contribution is 0.350. The van der Waals surface area contributed by atoms with Gasteiger partial charge in [0.2, 0.25) is 0 Å². The van der Waals surface area contributed by atoms with Gasteiger partial charge < -0.3 is 9.73 Å². The summed E-state index contributed by atoms with van der Waals surface area (Å²) in [6, 6.07) is 5.01. The van der Waals surface area contributed by atoms with Crippen molar-refractivity contribution in [3.8, 4) is 0 Å². The highest BCUT2D eigenvalue weighted by Crippen LogP contribution is 2.27. The summed E-state index contributed by atoms with van der Waals surface area (Å²) < 4.78 is 5.38. The molecule has 14 heavy (non-hydrogen) atoms. The summed E-state index contributed by atoms with van der Waals surface area (Å²) >= 11 is 0. The van der Waals surface area contributed by atoms with E-state index in [4.69, 9.17) is 4.42 Å². The van der Waals surface area contributed by atoms with Gasteiger partial charge in [0, 0.05) is 6.04 Å². The van der Waals surface area contributed by atoms with Gasteiger partial charge in [0.05, 0.1) is 12.3 Å². The lowest BCUT2D eigenvalue weighted by atomic mass is 10.1. The van der Waals surface area contributed by atoms with Crippen LogP contribution in [0, 0.1) is 5.92 Å². The number of nitrogens with one attached hydrogen (secondary N) is 1. The van der Waals surface area contributed by atoms with Gasteiger partial charge in [-0.2, -0.15) is 0 Å². The van der Waals surface area contributed by atoms with Crippen LogP contribution in [0.2, 0.25) is 0 Å². The number of hydrogen-bond donors (Lipinski definition) is 1. The Morgan fingerprint density at radius 2 is 2.36 bits per heavy atom. The molecule has 1 saturated carbocycles. The minimum Gasteiger partial charge on any atom is -0.468 e. The van der Waals surface area contributed by atoms with Crippen LogP contribution in [0.3, 0.4) is 0 Å². The highest BCUT2D eigenvalue weighted by atomic mass is 16.3. The third-order valence-electron chi connectivity index (χ3n) is 3.30. The Labute approximate surface area is 85.7 Å². The second kappa shape index (κ2) is 4.18. The molecule has 1 aliphatic carbocycles. The molecule has 2 nitrogen and oxygen atoms in total. The highest BCUT2D eigenvalue weighted by molar-refractivity contribution is 5.03. The fraction of sp³-hybridized carbons (Fsp3) is 0.667. The predicted molar refractivity (Wildman–Crippen MR) is 57.1 cm³/mol. The summed E-state index contributed by atoms with van der Waals surface area (Å²) in [7, 11) is 0. The summed E-state index contributed by atoms with van der Waals surface area (Å²) in [5, 5.41) is 3.64. The fourth-order valence-corrected chi connectivity index (χ4v) is 2.33. The molecule has 3 atom stereocenters. The molecular weight excluding hydrogens is 174 g/mol. The predicted octanol–water partition coefficient (Wildman–Crippen LogP) is 3.12. The maximum atomic E-state index is 5.38. The second-order valence-corrected chi connectivity index (χ2v) is 4.42. The molecule has 1 heterocycles. The van der Waals surface area contributed by atoms with Crippen molar-refractivity contribution in [2.24, 2.45) is 5.92 Å². The molecule has 0 radical (unpaired) electrons. The normalized spacial score (nSPS) is 29.3. The molecule has 0 saturated heterocycles. The van der Waals surface area contributed by atoms with Crippen LogP contribution in [-0.4, -0.2) is 6.04 Å². The Balaban J connectivity index is 1.91. The van der Waals surface area contributed by atoms with Crippen molar-refractivity contribution in [2.45, 2.75) is 45.2 Å². The molecule has 0 aromatic carbocycles. The van der Waals surface area contributed by atoms with Crippen LogP contribution in [0.5, 0.6) is 0 Å². The first-order valence-electron chi connectivity index (χ1n) is 5.57. The van der Waals surface area contributed by atoms with E-state index in [1.165, 1.54) is 19.3 Å². The molecule has 0 spiro atoms. The highest BCUT2D eigenvalue weighted by Gasteiger charge is 2.25. The quantitative estimate of drug-likeness (QED) is 0.798. The van der Waals surface area contributed by atoms with Crippen molar-refractivity contribution < 1.29 is 4.42 Å². The lowest BCUT2D eigenvalue weighted by Gasteiger charge is -2.21. The molecule has 2 rings (SSSR count). The molecular formula is C12H19NO. The number of hydrogen-bond acceptors (Lipinski definition) is 2. The standard InChI is InChI=1S/C12H19NO/c1-9-5-3-6-11(9)13-10(2)12-7-4-8-14-12/h4,7-11,13H,3,5-6H2,1-2H3/t9?,10-,11?/m0/s1. The van der Waals surface area contributed by atoms with Crippen molar-refractivity contribution >= 4 is 0 Å². The molecule has 0 bridgehead atoms. The molecule has 1 aromatic heterocycles. The van der Waals surface area contributed by atoms with Crippen molar-refractivity contribution in [1.82, 2.24) is 5.32 Å². The van der Waals surface area contributed by atoms with E-state index in [1.54, 1.807) is 6.26 Å². The van der Waals surface area contributed by atoms with Crippen LogP contribution < -0.4 is 5.32 Å². The number of rotatable bonds is 3. The van der Waals surface area contributed by atoms with Crippen LogP contribution in [0.4, 0.5) is 0 Å². The molecule has 1 fully saturated rings. The van der Waals surface area contributed by atoms with Crippen LogP contribution in [-0.2, 0) is 0 Å². The van der Waals surface area contributed by atoms with Gasteiger partial charge >= 0.3 is 0 Å². The van der Waals surface area contributed by atoms with Gasteiger partial charge in [-0.05, 0) is 37.8 Å². The van der Waals surface area contributed by atoms with E-state index in [1.807, 2.05) is 12.1 Å². The van der Waals surface area contributed by atoms with Crippen LogP contribution in [0.25, 0.3) is 0 Å². The van der Waals surface area contributed by atoms with Crippen LogP contribution in [0.15, 0.2) is 22.8 Å². The van der Waals surface area contributed by atoms with E-state index in [0.29, 0.717) is 12.1 Å². The van der Waals surface area contributed by atoms with Gasteiger partial charge in [0.15, 0.2) is 0 Å². The summed E-state index contributed by atoms with van der Waals surface area (Å²) in [6.07, 6.45) is 5.78. The second-order valence-electron chi connectivity index (χ2n) is 4.42. The van der Waals surface area contributed by atoms with Gasteiger partial charge in [-0.1, -0.05) is 13.3 Å². The Hall–Kier alpha value is -0.760. The SMILES string of the molecule is CC1CCCC1N[C@@H](C)c1ccco1. The Kier molecular flexibility index (Phi) is 2.92. The maximum Gasteiger partial charge on any atom is 0.120 e. The molecule has 0 amide bonds. The van der Waals surface area contributed by atoms with Gasteiger partial charge in [-0.3, -0.25) is 0 Å². The molecule has 2 heteroatoms. The summed E-state index contributed by atoms with van der Waals surface area (Å²) in [6.45, 7) is 4.50. The Morgan fingerprint density at radius 3 is 2.93 bits per heavy atom. The van der Waals surface area contributed by atoms with Crippen molar-refractivity contribution in [3.05, 3.63) is 24.2 Å². The van der Waals surface area contributed by atoms with Crippen molar-refractivity contribution in [3.63, 3.8) is 0 Å². The van der Waals surface area contributed by atoms with Gasteiger partial charge in [-0.15, -0.1) is 0 Å². The molecule has 78 valence electrons. The molecule has 1 aromatic rings. The average Bonchev–Trinajstić information content (AvgIpc) is 2.77. The fourth-order valence-electron chi connectivity index (χ4n) is 2.33. The zero-order valence-corrected chi connectivity index (χ0v) is 8.99. The Bertz CT molecular complexity index is 268. The van der Waals surface area contributed by atoms with E-state index in [0.717, 1.165) is 11.7 Å². The third kappa shape index (κ3) is 2.01. The summed E-state index contributed by atoms with van der Waals surface area (Å²) in [5.74, 6) is 1.86. The molecule has 1 N–H and O–H groups in total. The first kappa shape index (κ1) is 9.78. The minimum atomic E-state index is 0.343. The van der Waals surface area contributed by atoms with Gasteiger partial charge in [-0.25, -0.2) is 0 Å². The summed E-state index contributed by atoms with van der Waals surface area (Å²) in [5.41, 5.74) is 0. The van der Waals surface area contributed by atoms with Crippen LogP contribution in [0.1, 0.15) is 44.9 Å². The van der Waals surface area contributed by atoms with E-state index >= 15 is 0 Å². The van der Waals surface area contributed by atoms with Gasteiger partial charge in [0.1, 0.15) is 5.76 Å². The largest absolute Gasteiger partial charge is 0.468 e. The minimum absolute atomic E-state index is 0.343. The Morgan fingerprint density at radius 1 is 1.50 bits per heavy atom. The zero-order valence-electron chi connectivity index (χ0n) is 8.99. The summed E-state index contributed by atoms with van der Waals surface area (Å²) in [4.78, 5) is 0. The monoisotopic (exact) mass is 193 g/mol. The third-order valence-corrected chi connectivity index (χ3v) is 3.30. The first-order chi connectivity index (χ1) is 6.77. The van der Waals surface area contributed by atoms with Crippen molar-refractivity contribution in [2.75, 3.05) is 0 Å². The molecule has 1 aliphatic rings. The maximum absolute atomic E-state index is 5.38. The lowest BCUT2D eigenvalue weighted by Crippen LogP contribution is -2.33. The number of furan rings is 1. The average molecular weight is 193 g/mol. The molecule has 2 unspecified atom stereocenters. The van der Waals surface area contributed by atoms with E-state index < -0.39 is 0 Å².